The minimum absolute atomic E-state index is 0.146. The topological polar surface area (TPSA) is 61.4 Å². The Morgan fingerprint density at radius 1 is 1.23 bits per heavy atom. The number of nitrogens with one attached hydrogen (secondary N) is 2. The van der Waals surface area contributed by atoms with E-state index in [1.165, 1.54) is 36.0 Å². The van der Waals surface area contributed by atoms with Crippen LogP contribution in [0, 0.1) is 5.82 Å². The van der Waals surface area contributed by atoms with E-state index in [2.05, 4.69) is 10.6 Å². The van der Waals surface area contributed by atoms with Crippen LogP contribution in [-0.4, -0.2) is 54.4 Å². The van der Waals surface area contributed by atoms with Crippen LogP contribution in [0.5, 0.6) is 0 Å². The largest absolute Gasteiger partial charge is 0.340 e. The standard InChI is InChI=1S/C15H20FN3O2S/c16-12-1-3-13(4-2-12)18-14(20)11-22-10-5-15(21)19-8-6-17-7-9-19/h1-4,17H,5-11H2,(H,18,20). The third kappa shape index (κ3) is 5.65. The van der Waals surface area contributed by atoms with E-state index in [4.69, 9.17) is 0 Å². The summed E-state index contributed by atoms with van der Waals surface area (Å²) in [5.74, 6) is 0.573. The van der Waals surface area contributed by atoms with Crippen LogP contribution in [0.15, 0.2) is 24.3 Å². The molecule has 1 saturated heterocycles. The van der Waals surface area contributed by atoms with E-state index in [1.54, 1.807) is 0 Å². The van der Waals surface area contributed by atoms with Gasteiger partial charge in [0, 0.05) is 44.0 Å². The van der Waals surface area contributed by atoms with Crippen molar-refractivity contribution in [3.63, 3.8) is 0 Å². The average Bonchev–Trinajstić information content (AvgIpc) is 2.54. The number of amides is 2. The van der Waals surface area contributed by atoms with Gasteiger partial charge in [0.25, 0.3) is 0 Å². The molecule has 0 aromatic heterocycles. The Morgan fingerprint density at radius 3 is 2.59 bits per heavy atom. The summed E-state index contributed by atoms with van der Waals surface area (Å²) >= 11 is 1.43. The summed E-state index contributed by atoms with van der Waals surface area (Å²) in [5.41, 5.74) is 0.573. The van der Waals surface area contributed by atoms with Gasteiger partial charge in [-0.3, -0.25) is 9.59 Å². The Labute approximate surface area is 133 Å². The molecule has 1 aliphatic rings. The Morgan fingerprint density at radius 2 is 1.91 bits per heavy atom. The normalized spacial score (nSPS) is 14.7. The van der Waals surface area contributed by atoms with Gasteiger partial charge in [-0.05, 0) is 24.3 Å². The molecule has 1 aliphatic heterocycles. The van der Waals surface area contributed by atoms with Crippen molar-refractivity contribution in [1.82, 2.24) is 10.2 Å². The minimum Gasteiger partial charge on any atom is -0.340 e. The molecule has 7 heteroatoms. The van der Waals surface area contributed by atoms with Crippen molar-refractivity contribution in [3.8, 4) is 0 Å². The molecule has 1 aromatic carbocycles. The summed E-state index contributed by atoms with van der Waals surface area (Å²) < 4.78 is 12.7. The van der Waals surface area contributed by atoms with Crippen LogP contribution >= 0.6 is 11.8 Å². The van der Waals surface area contributed by atoms with Crippen molar-refractivity contribution in [2.75, 3.05) is 43.0 Å². The maximum Gasteiger partial charge on any atom is 0.234 e. The maximum atomic E-state index is 12.7. The first-order valence-electron chi connectivity index (χ1n) is 7.27. The first-order chi connectivity index (χ1) is 10.6. The van der Waals surface area contributed by atoms with Crippen molar-refractivity contribution in [2.24, 2.45) is 0 Å². The first kappa shape index (κ1) is 16.8. The van der Waals surface area contributed by atoms with Gasteiger partial charge in [0.2, 0.25) is 11.8 Å². The van der Waals surface area contributed by atoms with E-state index in [9.17, 15) is 14.0 Å². The number of nitrogens with zero attached hydrogens (tertiary/aromatic N) is 1. The van der Waals surface area contributed by atoms with Crippen LogP contribution in [0.25, 0.3) is 0 Å². The van der Waals surface area contributed by atoms with Gasteiger partial charge in [-0.1, -0.05) is 0 Å². The van der Waals surface area contributed by atoms with E-state index in [0.717, 1.165) is 26.2 Å². The molecule has 0 atom stereocenters. The molecule has 22 heavy (non-hydrogen) atoms. The number of carbonyl (C=O) groups is 2. The lowest BCUT2D eigenvalue weighted by molar-refractivity contribution is -0.131. The number of rotatable bonds is 6. The fourth-order valence-corrected chi connectivity index (χ4v) is 2.85. The quantitative estimate of drug-likeness (QED) is 0.775. The number of anilines is 1. The third-order valence-electron chi connectivity index (χ3n) is 3.29. The summed E-state index contributed by atoms with van der Waals surface area (Å²) in [6, 6.07) is 5.64. The smallest absolute Gasteiger partial charge is 0.234 e. The number of halogens is 1. The highest BCUT2D eigenvalue weighted by Gasteiger charge is 2.15. The molecule has 1 aromatic rings. The summed E-state index contributed by atoms with van der Waals surface area (Å²) in [6.45, 7) is 3.21. The van der Waals surface area contributed by atoms with Crippen LogP contribution in [0.1, 0.15) is 6.42 Å². The zero-order chi connectivity index (χ0) is 15.8. The van der Waals surface area contributed by atoms with E-state index >= 15 is 0 Å². The van der Waals surface area contributed by atoms with E-state index in [1.807, 2.05) is 4.90 Å². The molecule has 5 nitrogen and oxygen atoms in total. The molecule has 0 bridgehead atoms. The summed E-state index contributed by atoms with van der Waals surface area (Å²) in [6.07, 6.45) is 0.453. The van der Waals surface area contributed by atoms with Gasteiger partial charge < -0.3 is 15.5 Å². The van der Waals surface area contributed by atoms with Gasteiger partial charge in [0.1, 0.15) is 5.82 Å². The number of hydrogen-bond donors (Lipinski definition) is 2. The van der Waals surface area contributed by atoms with E-state index < -0.39 is 0 Å². The molecule has 2 amide bonds. The molecule has 0 spiro atoms. The van der Waals surface area contributed by atoms with Gasteiger partial charge in [-0.2, -0.15) is 11.8 Å². The Kier molecular flexibility index (Phi) is 6.67. The molecule has 1 fully saturated rings. The summed E-state index contributed by atoms with van der Waals surface area (Å²) in [4.78, 5) is 25.5. The average molecular weight is 325 g/mol. The second-order valence-electron chi connectivity index (χ2n) is 4.99. The Hall–Kier alpha value is -1.60. The SMILES string of the molecule is O=C(CSCCC(=O)N1CCNCC1)Nc1ccc(F)cc1. The van der Waals surface area contributed by atoms with Crippen LogP contribution in [-0.2, 0) is 9.59 Å². The fourth-order valence-electron chi connectivity index (χ4n) is 2.13. The molecule has 0 radical (unpaired) electrons. The highest BCUT2D eigenvalue weighted by Crippen LogP contribution is 2.10. The highest BCUT2D eigenvalue weighted by atomic mass is 32.2. The zero-order valence-corrected chi connectivity index (χ0v) is 13.1. The number of piperazine rings is 1. The molecule has 120 valence electrons. The predicted octanol–water partition coefficient (Wildman–Crippen LogP) is 1.32. The first-order valence-corrected chi connectivity index (χ1v) is 8.42. The lowest BCUT2D eigenvalue weighted by atomic mass is 10.3. The van der Waals surface area contributed by atoms with Gasteiger partial charge in [-0.15, -0.1) is 0 Å². The third-order valence-corrected chi connectivity index (χ3v) is 4.25. The Bertz CT molecular complexity index is 504. The zero-order valence-electron chi connectivity index (χ0n) is 12.3. The number of benzene rings is 1. The van der Waals surface area contributed by atoms with Crippen molar-refractivity contribution >= 4 is 29.3 Å². The van der Waals surface area contributed by atoms with Gasteiger partial charge in [0.05, 0.1) is 5.75 Å². The maximum absolute atomic E-state index is 12.7. The monoisotopic (exact) mass is 325 g/mol. The number of thioether (sulfide) groups is 1. The van der Waals surface area contributed by atoms with Crippen LogP contribution in [0.2, 0.25) is 0 Å². The van der Waals surface area contributed by atoms with E-state index in [-0.39, 0.29) is 23.4 Å². The molecule has 2 N–H and O–H groups in total. The molecule has 0 unspecified atom stereocenters. The fraction of sp³-hybridized carbons (Fsp3) is 0.467. The molecular weight excluding hydrogens is 305 g/mol. The van der Waals surface area contributed by atoms with Crippen molar-refractivity contribution < 1.29 is 14.0 Å². The van der Waals surface area contributed by atoms with Crippen LogP contribution < -0.4 is 10.6 Å². The highest BCUT2D eigenvalue weighted by molar-refractivity contribution is 7.99. The second-order valence-corrected chi connectivity index (χ2v) is 6.09. The van der Waals surface area contributed by atoms with E-state index in [0.29, 0.717) is 17.9 Å². The van der Waals surface area contributed by atoms with Crippen molar-refractivity contribution in [2.45, 2.75) is 6.42 Å². The van der Waals surface area contributed by atoms with Gasteiger partial charge in [0.15, 0.2) is 0 Å². The lowest BCUT2D eigenvalue weighted by Crippen LogP contribution is -2.46. The molecule has 1 heterocycles. The Balaban J connectivity index is 1.60. The predicted molar refractivity (Wildman–Crippen MR) is 86.4 cm³/mol. The van der Waals surface area contributed by atoms with Gasteiger partial charge in [-0.25, -0.2) is 4.39 Å². The van der Waals surface area contributed by atoms with Crippen LogP contribution in [0.3, 0.4) is 0 Å². The molecule has 2 rings (SSSR count). The molecule has 0 saturated carbocycles. The summed E-state index contributed by atoms with van der Waals surface area (Å²) in [5, 5.41) is 5.89. The van der Waals surface area contributed by atoms with Crippen LogP contribution in [0.4, 0.5) is 10.1 Å². The number of hydrogen-bond acceptors (Lipinski definition) is 4. The summed E-state index contributed by atoms with van der Waals surface area (Å²) in [7, 11) is 0. The number of carbonyl (C=O) groups excluding carboxylic acids is 2. The molecular formula is C15H20FN3O2S. The lowest BCUT2D eigenvalue weighted by Gasteiger charge is -2.27. The van der Waals surface area contributed by atoms with Crippen molar-refractivity contribution in [3.05, 3.63) is 30.1 Å². The second kappa shape index (κ2) is 8.75. The van der Waals surface area contributed by atoms with Gasteiger partial charge >= 0.3 is 0 Å². The van der Waals surface area contributed by atoms with Crippen molar-refractivity contribution in [1.29, 1.82) is 0 Å². The minimum atomic E-state index is -0.334. The molecule has 0 aliphatic carbocycles.